The van der Waals surface area contributed by atoms with E-state index < -0.39 is 10.8 Å². The fraction of sp³-hybridized carbons (Fsp3) is 0.176. The Bertz CT molecular complexity index is 820. The molecule has 0 fully saturated rings. The summed E-state index contributed by atoms with van der Waals surface area (Å²) in [6.07, 6.45) is 0. The van der Waals surface area contributed by atoms with Crippen LogP contribution in [0.3, 0.4) is 0 Å². The van der Waals surface area contributed by atoms with Gasteiger partial charge in [-0.2, -0.15) is 0 Å². The van der Waals surface area contributed by atoms with Crippen molar-refractivity contribution in [2.75, 3.05) is 24.3 Å². The van der Waals surface area contributed by atoms with Gasteiger partial charge in [0.15, 0.2) is 5.78 Å². The third kappa shape index (κ3) is 4.54. The van der Waals surface area contributed by atoms with E-state index >= 15 is 0 Å². The molecule has 0 aliphatic rings. The molecule has 0 atom stereocenters. The van der Waals surface area contributed by atoms with Gasteiger partial charge in [0.1, 0.15) is 5.75 Å². The molecule has 0 aliphatic heterocycles. The number of carbonyl (C=O) groups is 2. The molecule has 0 bridgehead atoms. The molecule has 0 unspecified atom stereocenters. The van der Waals surface area contributed by atoms with Crippen LogP contribution in [0, 0.1) is 10.1 Å². The third-order valence-electron chi connectivity index (χ3n) is 3.41. The molecule has 8 nitrogen and oxygen atoms in total. The summed E-state index contributed by atoms with van der Waals surface area (Å²) < 4.78 is 5.12. The number of rotatable bonds is 7. The molecule has 1 amide bonds. The van der Waals surface area contributed by atoms with Crippen LogP contribution >= 0.6 is 0 Å². The number of nitro groups is 1. The van der Waals surface area contributed by atoms with Gasteiger partial charge >= 0.3 is 0 Å². The van der Waals surface area contributed by atoms with Crippen molar-refractivity contribution in [2.45, 2.75) is 6.92 Å². The van der Waals surface area contributed by atoms with Gasteiger partial charge in [0.25, 0.3) is 5.69 Å². The van der Waals surface area contributed by atoms with E-state index in [9.17, 15) is 19.7 Å². The van der Waals surface area contributed by atoms with Crippen LogP contribution in [-0.4, -0.2) is 30.3 Å². The summed E-state index contributed by atoms with van der Waals surface area (Å²) in [6, 6.07) is 10.7. The standard InChI is InChI=1S/C17H17N3O5/c1-11(21)13-5-3-4-6-14(13)19-17(22)10-18-15-9-12(20(23)24)7-8-16(15)25-2/h3-9,18H,10H2,1-2H3,(H,19,22). The van der Waals surface area contributed by atoms with Gasteiger partial charge in [-0.15, -0.1) is 0 Å². The predicted octanol–water partition coefficient (Wildman–Crippen LogP) is 2.86. The Morgan fingerprint density at radius 2 is 1.88 bits per heavy atom. The van der Waals surface area contributed by atoms with E-state index in [1.165, 1.54) is 32.2 Å². The van der Waals surface area contributed by atoms with Crippen molar-refractivity contribution in [3.8, 4) is 5.75 Å². The van der Waals surface area contributed by atoms with Crippen LogP contribution in [0.1, 0.15) is 17.3 Å². The van der Waals surface area contributed by atoms with E-state index in [1.807, 2.05) is 0 Å². The highest BCUT2D eigenvalue weighted by Crippen LogP contribution is 2.28. The van der Waals surface area contributed by atoms with Crippen molar-refractivity contribution in [1.29, 1.82) is 0 Å². The minimum Gasteiger partial charge on any atom is -0.495 e. The van der Waals surface area contributed by atoms with E-state index in [0.717, 1.165) is 0 Å². The second kappa shape index (κ2) is 7.91. The SMILES string of the molecule is COc1ccc([N+](=O)[O-])cc1NCC(=O)Nc1ccccc1C(C)=O. The van der Waals surface area contributed by atoms with Crippen molar-refractivity contribution >= 4 is 28.8 Å². The molecule has 2 N–H and O–H groups in total. The minimum atomic E-state index is -0.534. The zero-order valence-corrected chi connectivity index (χ0v) is 13.7. The molecule has 0 radical (unpaired) electrons. The van der Waals surface area contributed by atoms with E-state index in [-0.39, 0.29) is 18.0 Å². The number of anilines is 2. The predicted molar refractivity (Wildman–Crippen MR) is 93.2 cm³/mol. The summed E-state index contributed by atoms with van der Waals surface area (Å²) >= 11 is 0. The number of nitrogens with zero attached hydrogens (tertiary/aromatic N) is 1. The summed E-state index contributed by atoms with van der Waals surface area (Å²) in [5, 5.41) is 16.3. The molecule has 2 rings (SSSR count). The number of benzene rings is 2. The number of non-ortho nitro benzene ring substituents is 1. The zero-order chi connectivity index (χ0) is 18.4. The molecule has 8 heteroatoms. The summed E-state index contributed by atoms with van der Waals surface area (Å²) in [6.45, 7) is 1.26. The number of para-hydroxylation sites is 1. The summed E-state index contributed by atoms with van der Waals surface area (Å²) in [5.41, 5.74) is 1.02. The van der Waals surface area contributed by atoms with Gasteiger partial charge in [-0.3, -0.25) is 19.7 Å². The summed E-state index contributed by atoms with van der Waals surface area (Å²) in [4.78, 5) is 34.0. The number of methoxy groups -OCH3 is 1. The number of nitrogens with one attached hydrogen (secondary N) is 2. The van der Waals surface area contributed by atoms with Crippen LogP contribution in [0.4, 0.5) is 17.1 Å². The molecule has 25 heavy (non-hydrogen) atoms. The summed E-state index contributed by atoms with van der Waals surface area (Å²) in [5.74, 6) is -0.186. The summed E-state index contributed by atoms with van der Waals surface area (Å²) in [7, 11) is 1.43. The van der Waals surface area contributed by atoms with Gasteiger partial charge in [0.05, 0.1) is 30.0 Å². The smallest absolute Gasteiger partial charge is 0.271 e. The van der Waals surface area contributed by atoms with Crippen LogP contribution in [0.5, 0.6) is 5.75 Å². The maximum Gasteiger partial charge on any atom is 0.271 e. The number of ketones is 1. The van der Waals surface area contributed by atoms with E-state index in [2.05, 4.69) is 10.6 Å². The van der Waals surface area contributed by atoms with E-state index in [4.69, 9.17) is 4.74 Å². The van der Waals surface area contributed by atoms with Gasteiger partial charge in [0.2, 0.25) is 5.91 Å². The van der Waals surface area contributed by atoms with Gasteiger partial charge in [-0.05, 0) is 25.1 Å². The Labute approximate surface area is 144 Å². The number of hydrogen-bond donors (Lipinski definition) is 2. The van der Waals surface area contributed by atoms with Gasteiger partial charge < -0.3 is 15.4 Å². The van der Waals surface area contributed by atoms with Crippen LogP contribution in [0.25, 0.3) is 0 Å². The Kier molecular flexibility index (Phi) is 5.67. The molecule has 0 spiro atoms. The molecular formula is C17H17N3O5. The lowest BCUT2D eigenvalue weighted by molar-refractivity contribution is -0.384. The molecule has 130 valence electrons. The molecule has 0 saturated carbocycles. The Morgan fingerprint density at radius 1 is 1.16 bits per heavy atom. The van der Waals surface area contributed by atoms with Crippen LogP contribution in [0.2, 0.25) is 0 Å². The number of ether oxygens (including phenoxy) is 1. The number of amides is 1. The molecule has 2 aromatic carbocycles. The molecule has 0 aromatic heterocycles. The van der Waals surface area contributed by atoms with E-state index in [0.29, 0.717) is 22.7 Å². The number of nitro benzene ring substituents is 1. The Hall–Kier alpha value is -3.42. The van der Waals surface area contributed by atoms with Crippen molar-refractivity contribution in [2.24, 2.45) is 0 Å². The van der Waals surface area contributed by atoms with E-state index in [1.54, 1.807) is 24.3 Å². The van der Waals surface area contributed by atoms with Crippen molar-refractivity contribution in [3.05, 3.63) is 58.1 Å². The Balaban J connectivity index is 2.09. The lowest BCUT2D eigenvalue weighted by atomic mass is 10.1. The average Bonchev–Trinajstić information content (AvgIpc) is 2.59. The van der Waals surface area contributed by atoms with Crippen LogP contribution < -0.4 is 15.4 Å². The van der Waals surface area contributed by atoms with Gasteiger partial charge in [-0.25, -0.2) is 0 Å². The first kappa shape index (κ1) is 17.9. The fourth-order valence-electron chi connectivity index (χ4n) is 2.22. The Morgan fingerprint density at radius 3 is 2.52 bits per heavy atom. The van der Waals surface area contributed by atoms with Crippen LogP contribution in [0.15, 0.2) is 42.5 Å². The van der Waals surface area contributed by atoms with Crippen molar-refractivity contribution in [3.63, 3.8) is 0 Å². The lowest BCUT2D eigenvalue weighted by Gasteiger charge is -2.12. The largest absolute Gasteiger partial charge is 0.495 e. The van der Waals surface area contributed by atoms with Gasteiger partial charge in [0, 0.05) is 17.7 Å². The second-order valence-electron chi connectivity index (χ2n) is 5.15. The van der Waals surface area contributed by atoms with Gasteiger partial charge in [-0.1, -0.05) is 12.1 Å². The highest BCUT2D eigenvalue weighted by Gasteiger charge is 2.13. The highest BCUT2D eigenvalue weighted by molar-refractivity contribution is 6.04. The molecule has 0 aliphatic carbocycles. The maximum atomic E-state index is 12.1. The first-order valence-corrected chi connectivity index (χ1v) is 7.38. The highest BCUT2D eigenvalue weighted by atomic mass is 16.6. The fourth-order valence-corrected chi connectivity index (χ4v) is 2.22. The van der Waals surface area contributed by atoms with Crippen molar-refractivity contribution in [1.82, 2.24) is 0 Å². The normalized spacial score (nSPS) is 10.0. The first-order chi connectivity index (χ1) is 11.9. The minimum absolute atomic E-state index is 0.120. The number of Topliss-reactive ketones (excluding diaryl/α,β-unsaturated/α-hetero) is 1. The quantitative estimate of drug-likeness (QED) is 0.454. The van der Waals surface area contributed by atoms with Crippen LogP contribution in [-0.2, 0) is 4.79 Å². The maximum absolute atomic E-state index is 12.1. The third-order valence-corrected chi connectivity index (χ3v) is 3.41. The molecule has 0 saturated heterocycles. The monoisotopic (exact) mass is 343 g/mol. The number of carbonyl (C=O) groups excluding carboxylic acids is 2. The number of hydrogen-bond acceptors (Lipinski definition) is 6. The first-order valence-electron chi connectivity index (χ1n) is 7.38. The molecule has 0 heterocycles. The molecule has 2 aromatic rings. The van der Waals surface area contributed by atoms with Crippen molar-refractivity contribution < 1.29 is 19.2 Å². The lowest BCUT2D eigenvalue weighted by Crippen LogP contribution is -2.23. The average molecular weight is 343 g/mol. The zero-order valence-electron chi connectivity index (χ0n) is 13.7. The second-order valence-corrected chi connectivity index (χ2v) is 5.15. The molecular weight excluding hydrogens is 326 g/mol. The topological polar surface area (TPSA) is 111 Å².